The van der Waals surface area contributed by atoms with Crippen molar-refractivity contribution in [2.24, 2.45) is 5.41 Å². The van der Waals surface area contributed by atoms with Crippen LogP contribution in [0, 0.1) is 18.2 Å². The molecule has 3 heterocycles. The van der Waals surface area contributed by atoms with Crippen LogP contribution < -0.4 is 4.90 Å². The second kappa shape index (κ2) is 9.02. The highest BCUT2D eigenvalue weighted by atomic mass is 19.1. The summed E-state index contributed by atoms with van der Waals surface area (Å²) < 4.78 is 15.4. The monoisotopic (exact) mass is 488 g/mol. The van der Waals surface area contributed by atoms with E-state index in [9.17, 15) is 19.4 Å². The number of aliphatic hydroxyl groups is 1. The van der Waals surface area contributed by atoms with Crippen molar-refractivity contribution >= 4 is 17.4 Å². The Bertz CT molecular complexity index is 1450. The molecular formula is C28H29FN4O3. The minimum Gasteiger partial charge on any atom is -0.479 e. The Kier molecular flexibility index (Phi) is 6.00. The summed E-state index contributed by atoms with van der Waals surface area (Å²) in [5.41, 5.74) is 4.57. The van der Waals surface area contributed by atoms with Gasteiger partial charge in [-0.15, -0.1) is 0 Å². The quantitative estimate of drug-likeness (QED) is 0.399. The predicted molar refractivity (Wildman–Crippen MR) is 136 cm³/mol. The molecule has 0 bridgehead atoms. The first-order valence-corrected chi connectivity index (χ1v) is 12.1. The summed E-state index contributed by atoms with van der Waals surface area (Å²) in [6, 6.07) is 16.0. The highest BCUT2D eigenvalue weighted by Gasteiger charge is 2.33. The van der Waals surface area contributed by atoms with Crippen LogP contribution in [0.2, 0.25) is 0 Å². The number of fused-ring (bicyclic) bond motifs is 1. The van der Waals surface area contributed by atoms with E-state index >= 15 is 0 Å². The Morgan fingerprint density at radius 3 is 2.33 bits per heavy atom. The third-order valence-corrected chi connectivity index (χ3v) is 7.04. The van der Waals surface area contributed by atoms with E-state index in [4.69, 9.17) is 5.10 Å². The number of piperidine rings is 1. The van der Waals surface area contributed by atoms with Gasteiger partial charge in [0.1, 0.15) is 11.6 Å². The first-order valence-electron chi connectivity index (χ1n) is 12.1. The summed E-state index contributed by atoms with van der Waals surface area (Å²) in [4.78, 5) is 18.5. The van der Waals surface area contributed by atoms with Gasteiger partial charge in [-0.2, -0.15) is 9.61 Å². The molecule has 1 fully saturated rings. The van der Waals surface area contributed by atoms with Gasteiger partial charge in [0, 0.05) is 30.4 Å². The van der Waals surface area contributed by atoms with E-state index in [2.05, 4.69) is 23.7 Å². The molecule has 0 aliphatic carbocycles. The second-order valence-corrected chi connectivity index (χ2v) is 10.2. The highest BCUT2D eigenvalue weighted by molar-refractivity contribution is 5.79. The fourth-order valence-electron chi connectivity index (χ4n) is 4.85. The van der Waals surface area contributed by atoms with Crippen molar-refractivity contribution in [3.8, 4) is 22.4 Å². The van der Waals surface area contributed by atoms with Gasteiger partial charge in [0.2, 0.25) is 0 Å². The number of halogens is 1. The number of hydrogen-bond donors (Lipinski definition) is 2. The van der Waals surface area contributed by atoms with Crippen molar-refractivity contribution in [2.75, 3.05) is 18.0 Å². The van der Waals surface area contributed by atoms with Crippen molar-refractivity contribution < 1.29 is 19.4 Å². The Morgan fingerprint density at radius 1 is 1.03 bits per heavy atom. The topological polar surface area (TPSA) is 91.0 Å². The van der Waals surface area contributed by atoms with Gasteiger partial charge in [-0.05, 0) is 54.5 Å². The highest BCUT2D eigenvalue weighted by Crippen LogP contribution is 2.37. The second-order valence-electron chi connectivity index (χ2n) is 10.2. The molecule has 2 aromatic carbocycles. The maximum absolute atomic E-state index is 13.8. The number of hydrogen-bond acceptors (Lipinski definition) is 5. The standard InChI is InChI=1S/C28H29FN4O3/c1-17-24(25(34)27(35)36)26(32-12-10-28(2,3)11-13-32)33-23(30-17)16-22(31-33)20-8-4-6-18(14-20)19-7-5-9-21(29)15-19/h4-9,14-16,25,34H,10-13H2,1-3H3,(H,35,36). The molecule has 0 saturated carbocycles. The van der Waals surface area contributed by atoms with E-state index in [1.807, 2.05) is 36.4 Å². The molecule has 1 saturated heterocycles. The van der Waals surface area contributed by atoms with Crippen LogP contribution in [0.4, 0.5) is 10.2 Å². The zero-order valence-corrected chi connectivity index (χ0v) is 20.6. The van der Waals surface area contributed by atoms with Crippen LogP contribution in [-0.2, 0) is 4.79 Å². The zero-order valence-electron chi connectivity index (χ0n) is 20.6. The number of aliphatic hydroxyl groups excluding tert-OH is 1. The molecule has 186 valence electrons. The molecule has 0 radical (unpaired) electrons. The number of carboxylic acid groups (broad SMARTS) is 1. The minimum atomic E-state index is -1.71. The van der Waals surface area contributed by atoms with E-state index in [1.54, 1.807) is 17.5 Å². The normalized spacial score (nSPS) is 16.3. The van der Waals surface area contributed by atoms with Gasteiger partial charge in [-0.25, -0.2) is 14.2 Å². The van der Waals surface area contributed by atoms with Crippen LogP contribution >= 0.6 is 0 Å². The van der Waals surface area contributed by atoms with E-state index in [0.29, 0.717) is 22.9 Å². The lowest BCUT2D eigenvalue weighted by Gasteiger charge is -2.39. The van der Waals surface area contributed by atoms with E-state index < -0.39 is 12.1 Å². The SMILES string of the molecule is Cc1nc2cc(-c3cccc(-c4cccc(F)c4)c3)nn2c(N2CCC(C)(C)CC2)c1C(O)C(=O)O. The first kappa shape index (κ1) is 23.9. The lowest BCUT2D eigenvalue weighted by Crippen LogP contribution is -2.39. The van der Waals surface area contributed by atoms with E-state index in [1.165, 1.54) is 12.1 Å². The first-order chi connectivity index (χ1) is 17.1. The number of aliphatic carboxylic acids is 1. The maximum atomic E-state index is 13.8. The molecule has 2 N–H and O–H groups in total. The van der Waals surface area contributed by atoms with Gasteiger partial charge in [0.15, 0.2) is 11.8 Å². The van der Waals surface area contributed by atoms with Crippen molar-refractivity contribution in [2.45, 2.75) is 39.7 Å². The molecule has 4 aromatic rings. The van der Waals surface area contributed by atoms with Crippen LogP contribution in [-0.4, -0.2) is 43.9 Å². The van der Waals surface area contributed by atoms with Crippen LogP contribution in [0.3, 0.4) is 0 Å². The largest absolute Gasteiger partial charge is 0.479 e. The molecule has 36 heavy (non-hydrogen) atoms. The zero-order chi connectivity index (χ0) is 25.6. The molecule has 5 rings (SSSR count). The van der Waals surface area contributed by atoms with Gasteiger partial charge in [0.25, 0.3) is 0 Å². The van der Waals surface area contributed by atoms with E-state index in [0.717, 1.165) is 42.6 Å². The van der Waals surface area contributed by atoms with Gasteiger partial charge >= 0.3 is 5.97 Å². The molecule has 1 unspecified atom stereocenters. The summed E-state index contributed by atoms with van der Waals surface area (Å²) in [6.07, 6.45) is 0.153. The number of carboxylic acids is 1. The third-order valence-electron chi connectivity index (χ3n) is 7.04. The van der Waals surface area contributed by atoms with Gasteiger partial charge in [-0.3, -0.25) is 0 Å². The van der Waals surface area contributed by atoms with Crippen LogP contribution in [0.15, 0.2) is 54.6 Å². The molecule has 0 spiro atoms. The Balaban J connectivity index is 1.65. The third kappa shape index (κ3) is 4.44. The minimum absolute atomic E-state index is 0.190. The number of aromatic nitrogens is 3. The molecule has 0 amide bonds. The summed E-state index contributed by atoms with van der Waals surface area (Å²) in [5.74, 6) is -1.06. The molecule has 7 nitrogen and oxygen atoms in total. The van der Waals surface area contributed by atoms with Crippen LogP contribution in [0.1, 0.15) is 44.1 Å². The fraction of sp³-hybridized carbons (Fsp3) is 0.321. The predicted octanol–water partition coefficient (Wildman–Crippen LogP) is 5.26. The van der Waals surface area contributed by atoms with Crippen LogP contribution in [0.5, 0.6) is 0 Å². The van der Waals surface area contributed by atoms with Crippen LogP contribution in [0.25, 0.3) is 28.0 Å². The van der Waals surface area contributed by atoms with Crippen molar-refractivity contribution in [3.05, 3.63) is 71.7 Å². The smallest absolute Gasteiger partial charge is 0.337 e. The van der Waals surface area contributed by atoms with Gasteiger partial charge in [0.05, 0.1) is 11.3 Å². The molecule has 1 aliphatic rings. The number of rotatable bonds is 5. The molecule has 8 heteroatoms. The number of nitrogens with zero attached hydrogens (tertiary/aromatic N) is 4. The summed E-state index contributed by atoms with van der Waals surface area (Å²) in [6.45, 7) is 7.60. The lowest BCUT2D eigenvalue weighted by atomic mass is 9.82. The van der Waals surface area contributed by atoms with Crippen molar-refractivity contribution in [3.63, 3.8) is 0 Å². The molecule has 1 atom stereocenters. The lowest BCUT2D eigenvalue weighted by molar-refractivity contribution is -0.147. The van der Waals surface area contributed by atoms with Gasteiger partial charge < -0.3 is 15.1 Å². The maximum Gasteiger partial charge on any atom is 0.337 e. The fourth-order valence-corrected chi connectivity index (χ4v) is 4.85. The average Bonchev–Trinajstić information content (AvgIpc) is 3.27. The van der Waals surface area contributed by atoms with Crippen molar-refractivity contribution in [1.82, 2.24) is 14.6 Å². The summed E-state index contributed by atoms with van der Waals surface area (Å²) >= 11 is 0. The number of anilines is 1. The molecular weight excluding hydrogens is 459 g/mol. The Hall–Kier alpha value is -3.78. The van der Waals surface area contributed by atoms with E-state index in [-0.39, 0.29) is 16.8 Å². The summed E-state index contributed by atoms with van der Waals surface area (Å²) in [5, 5.41) is 25.1. The Morgan fingerprint density at radius 2 is 1.67 bits per heavy atom. The van der Waals surface area contributed by atoms with Crippen molar-refractivity contribution in [1.29, 1.82) is 0 Å². The number of benzene rings is 2. The molecule has 1 aliphatic heterocycles. The molecule has 2 aromatic heterocycles. The Labute approximate surface area is 208 Å². The summed E-state index contributed by atoms with van der Waals surface area (Å²) in [7, 11) is 0. The average molecular weight is 489 g/mol. The number of carbonyl (C=O) groups is 1. The van der Waals surface area contributed by atoms with Gasteiger partial charge in [-0.1, -0.05) is 44.2 Å². The number of aryl methyl sites for hydroxylation is 1.